The first-order valence-corrected chi connectivity index (χ1v) is 5.31. The summed E-state index contributed by atoms with van der Waals surface area (Å²) in [5.41, 5.74) is 0.687. The summed E-state index contributed by atoms with van der Waals surface area (Å²) < 4.78 is 4.69. The molecule has 2 radical (unpaired) electrons. The Morgan fingerprint density at radius 1 is 1.47 bits per heavy atom. The molecule has 0 saturated carbocycles. The summed E-state index contributed by atoms with van der Waals surface area (Å²) >= 11 is 1.24. The number of carbonyl (C=O) groups excluding carboxylic acids is 1. The molecule has 78 valence electrons. The molecule has 6 heteroatoms. The molecular formula is C11H4HgN2O2S. The molecule has 0 aliphatic heterocycles. The van der Waals surface area contributed by atoms with Crippen LogP contribution in [0.3, 0.4) is 0 Å². The van der Waals surface area contributed by atoms with E-state index in [9.17, 15) is 9.90 Å². The first-order chi connectivity index (χ1) is 7.77. The second-order valence-corrected chi connectivity index (χ2v) is 4.05. The van der Waals surface area contributed by atoms with Crippen LogP contribution in [0.5, 0.6) is 0 Å². The van der Waals surface area contributed by atoms with Crippen molar-refractivity contribution in [3.63, 3.8) is 0 Å². The van der Waals surface area contributed by atoms with Gasteiger partial charge in [-0.3, -0.25) is 0 Å². The molecule has 0 aliphatic carbocycles. The molecule has 0 atom stereocenters. The van der Waals surface area contributed by atoms with Gasteiger partial charge in [-0.05, 0) is 23.7 Å². The second kappa shape index (κ2) is 4.66. The fourth-order valence-corrected chi connectivity index (χ4v) is 2.37. The number of hydrogen-bond donors (Lipinski definition) is 0. The summed E-state index contributed by atoms with van der Waals surface area (Å²) in [6.45, 7) is 0. The van der Waals surface area contributed by atoms with Gasteiger partial charge < -0.3 is 9.90 Å². The van der Waals surface area contributed by atoms with Gasteiger partial charge in [0.05, 0.1) is 10.7 Å². The number of carboxylic acids is 1. The fraction of sp³-hybridized carbons (Fsp3) is 0. The third-order valence-electron chi connectivity index (χ3n) is 2.38. The fourth-order valence-electron chi connectivity index (χ4n) is 1.70. The molecule has 17 heavy (non-hydrogen) atoms. The Bertz CT molecular complexity index is 711. The van der Waals surface area contributed by atoms with E-state index >= 15 is 0 Å². The van der Waals surface area contributed by atoms with Crippen molar-refractivity contribution in [2.75, 3.05) is 0 Å². The second-order valence-electron chi connectivity index (χ2n) is 3.29. The van der Waals surface area contributed by atoms with E-state index < -0.39 is 5.97 Å². The number of fused-ring (bicyclic) bond motifs is 3. The number of nitrogens with zero attached hydrogens (tertiary/aromatic N) is 2. The number of carboxylic acid groups (broad SMARTS) is 1. The van der Waals surface area contributed by atoms with Crippen LogP contribution in [0.4, 0.5) is 0 Å². The van der Waals surface area contributed by atoms with Crippen LogP contribution in [0.15, 0.2) is 24.3 Å². The largest absolute Gasteiger partial charge is 1.00 e. The van der Waals surface area contributed by atoms with Crippen molar-refractivity contribution >= 4 is 38.5 Å². The van der Waals surface area contributed by atoms with Crippen LogP contribution in [-0.4, -0.2) is 15.6 Å². The molecule has 2 aromatic carbocycles. The maximum Gasteiger partial charge on any atom is 1.00 e. The van der Waals surface area contributed by atoms with Crippen LogP contribution >= 0.6 is 11.5 Å². The van der Waals surface area contributed by atoms with Gasteiger partial charge in [0.1, 0.15) is 5.52 Å². The summed E-state index contributed by atoms with van der Waals surface area (Å²) in [6.07, 6.45) is 0. The Kier molecular flexibility index (Phi) is 3.39. The Hall–Kier alpha value is -1.07. The molecule has 0 N–H and O–H groups in total. The molecule has 0 aliphatic rings. The smallest absolute Gasteiger partial charge is 0.545 e. The minimum absolute atomic E-state index is 0. The standard InChI is InChI=1S/C11H5N2O2S.Hg/c14-11(15)8-5-9-10(16-13-12-9)7-4-2-1-3-6(7)8;/h1-2,4-5H,(H,14,15);/q;+1/p-1. The molecule has 1 heterocycles. The van der Waals surface area contributed by atoms with Crippen molar-refractivity contribution in [3.05, 3.63) is 35.9 Å². The number of benzene rings is 2. The average Bonchev–Trinajstić information content (AvgIpc) is 2.75. The van der Waals surface area contributed by atoms with Crippen molar-refractivity contribution in [3.8, 4) is 0 Å². The summed E-state index contributed by atoms with van der Waals surface area (Å²) in [6, 6.07) is 9.71. The maximum absolute atomic E-state index is 11.0. The Labute approximate surface area is 121 Å². The van der Waals surface area contributed by atoms with Crippen molar-refractivity contribution in [1.82, 2.24) is 9.59 Å². The van der Waals surface area contributed by atoms with Crippen LogP contribution in [0.2, 0.25) is 0 Å². The maximum atomic E-state index is 11.0. The van der Waals surface area contributed by atoms with E-state index in [-0.39, 0.29) is 33.2 Å². The monoisotopic (exact) mass is 430 g/mol. The van der Waals surface area contributed by atoms with Gasteiger partial charge in [0.15, 0.2) is 0 Å². The first kappa shape index (κ1) is 12.4. The molecule has 4 nitrogen and oxygen atoms in total. The molecule has 0 spiro atoms. The summed E-state index contributed by atoms with van der Waals surface area (Å²) in [7, 11) is 0. The number of hydrogen-bond acceptors (Lipinski definition) is 5. The van der Waals surface area contributed by atoms with Gasteiger partial charge in [-0.1, -0.05) is 22.7 Å². The molecule has 1 aromatic heterocycles. The molecule has 0 saturated heterocycles. The molecule has 3 rings (SSSR count). The van der Waals surface area contributed by atoms with Crippen LogP contribution in [0.1, 0.15) is 10.4 Å². The van der Waals surface area contributed by atoms with Crippen molar-refractivity contribution in [2.24, 2.45) is 0 Å². The van der Waals surface area contributed by atoms with E-state index in [1.54, 1.807) is 12.1 Å². The van der Waals surface area contributed by atoms with E-state index in [0.717, 1.165) is 10.1 Å². The molecule has 0 fully saturated rings. The third kappa shape index (κ3) is 1.93. The van der Waals surface area contributed by atoms with Gasteiger partial charge in [0.25, 0.3) is 0 Å². The minimum atomic E-state index is -1.22. The van der Waals surface area contributed by atoms with Gasteiger partial charge in [0, 0.05) is 16.3 Å². The van der Waals surface area contributed by atoms with Crippen LogP contribution in [-0.2, 0) is 27.7 Å². The minimum Gasteiger partial charge on any atom is -0.545 e. The van der Waals surface area contributed by atoms with E-state index in [2.05, 4.69) is 15.7 Å². The van der Waals surface area contributed by atoms with E-state index in [4.69, 9.17) is 0 Å². The Morgan fingerprint density at radius 2 is 2.29 bits per heavy atom. The zero-order valence-corrected chi connectivity index (χ0v) is 14.9. The van der Waals surface area contributed by atoms with Gasteiger partial charge in [-0.25, -0.2) is 0 Å². The predicted octanol–water partition coefficient (Wildman–Crippen LogP) is 1.01. The van der Waals surface area contributed by atoms with Crippen LogP contribution in [0, 0.1) is 6.07 Å². The van der Waals surface area contributed by atoms with Crippen LogP contribution < -0.4 is 5.11 Å². The quantitative estimate of drug-likeness (QED) is 0.543. The van der Waals surface area contributed by atoms with Crippen molar-refractivity contribution in [1.29, 1.82) is 0 Å². The van der Waals surface area contributed by atoms with Gasteiger partial charge in [0.2, 0.25) is 0 Å². The third-order valence-corrected chi connectivity index (χ3v) is 3.16. The van der Waals surface area contributed by atoms with E-state index in [1.165, 1.54) is 17.6 Å². The van der Waals surface area contributed by atoms with E-state index in [0.29, 0.717) is 10.9 Å². The molecule has 0 bridgehead atoms. The Balaban J connectivity index is 0.00000108. The van der Waals surface area contributed by atoms with Crippen molar-refractivity contribution in [2.45, 2.75) is 0 Å². The topological polar surface area (TPSA) is 65.9 Å². The molecule has 3 aromatic rings. The summed E-state index contributed by atoms with van der Waals surface area (Å²) in [5, 5.41) is 16.2. The Morgan fingerprint density at radius 3 is 3.06 bits per heavy atom. The predicted molar refractivity (Wildman–Crippen MR) is 58.1 cm³/mol. The van der Waals surface area contributed by atoms with Crippen molar-refractivity contribution < 1.29 is 37.6 Å². The normalized spacial score (nSPS) is 10.4. The molecular weight excluding hydrogens is 425 g/mol. The molecule has 0 amide bonds. The van der Waals surface area contributed by atoms with E-state index in [1.807, 2.05) is 6.07 Å². The SMILES string of the molecule is O=C([O-])c1cc2nnsc2c2ccc[c]c12.[Hg+]. The summed E-state index contributed by atoms with van der Waals surface area (Å²) in [5.74, 6) is -1.22. The summed E-state index contributed by atoms with van der Waals surface area (Å²) in [4.78, 5) is 11.0. The number of rotatable bonds is 1. The average molecular weight is 429 g/mol. The zero-order valence-electron chi connectivity index (χ0n) is 8.64. The zero-order chi connectivity index (χ0) is 11.1. The van der Waals surface area contributed by atoms with Gasteiger partial charge in [-0.15, -0.1) is 5.10 Å². The number of carbonyl (C=O) groups is 1. The first-order valence-electron chi connectivity index (χ1n) is 4.54. The van der Waals surface area contributed by atoms with Crippen LogP contribution in [0.25, 0.3) is 21.0 Å². The van der Waals surface area contributed by atoms with Gasteiger partial charge in [-0.2, -0.15) is 0 Å². The number of aromatic nitrogens is 2. The molecule has 0 unspecified atom stereocenters. The van der Waals surface area contributed by atoms with Gasteiger partial charge >= 0.3 is 27.7 Å². The number of aromatic carboxylic acids is 1.